The highest BCUT2D eigenvalue weighted by molar-refractivity contribution is 6.36. The average molecular weight is 615 g/mol. The number of carboxylic acid groups (broad SMARTS) is 1. The molecule has 3 heterocycles. The number of H-pyrrole nitrogens is 2. The fraction of sp³-hybridized carbons (Fsp3) is 0.364. The molecule has 236 valence electrons. The van der Waals surface area contributed by atoms with Gasteiger partial charge < -0.3 is 29.3 Å². The van der Waals surface area contributed by atoms with Gasteiger partial charge in [-0.25, -0.2) is 19.6 Å². The molecule has 1 aliphatic heterocycles. The molecule has 0 bridgehead atoms. The van der Waals surface area contributed by atoms with Gasteiger partial charge in [-0.1, -0.05) is 6.92 Å². The van der Waals surface area contributed by atoms with Crippen molar-refractivity contribution in [3.05, 3.63) is 66.5 Å². The van der Waals surface area contributed by atoms with Crippen LogP contribution in [0.5, 0.6) is 17.2 Å². The summed E-state index contributed by atoms with van der Waals surface area (Å²) >= 11 is 0. The lowest BCUT2D eigenvalue weighted by molar-refractivity contribution is -0.129. The molecule has 1 fully saturated rings. The van der Waals surface area contributed by atoms with Gasteiger partial charge in [-0.15, -0.1) is 0 Å². The van der Waals surface area contributed by atoms with E-state index in [-0.39, 0.29) is 12.1 Å². The molecular formula is C33H38N6O6. The maximum atomic E-state index is 12.8. The predicted molar refractivity (Wildman–Crippen MR) is 168 cm³/mol. The number of nitrogens with one attached hydrogen (secondary N) is 3. The number of hydrogen-bond donors (Lipinski definition) is 4. The van der Waals surface area contributed by atoms with Crippen LogP contribution >= 0.6 is 0 Å². The molecule has 12 nitrogen and oxygen atoms in total. The molecule has 45 heavy (non-hydrogen) atoms. The van der Waals surface area contributed by atoms with Crippen LogP contribution in [0.15, 0.2) is 54.9 Å². The number of benzene rings is 2. The zero-order chi connectivity index (χ0) is 32.3. The highest BCUT2D eigenvalue weighted by atomic mass is 16.6. The summed E-state index contributed by atoms with van der Waals surface area (Å²) in [4.78, 5) is 41.5. The Hall–Kier alpha value is -5.13. The minimum Gasteiger partial charge on any atom is -0.496 e. The Balaban J connectivity index is 1.31. The zero-order valence-corrected chi connectivity index (χ0v) is 26.0. The number of carbonyl (C=O) groups is 2. The van der Waals surface area contributed by atoms with Crippen molar-refractivity contribution < 1.29 is 28.9 Å². The number of ether oxygens (including phenoxy) is 3. The van der Waals surface area contributed by atoms with Crippen molar-refractivity contribution in [2.75, 3.05) is 13.7 Å². The third-order valence-corrected chi connectivity index (χ3v) is 7.54. The number of carbonyl (C=O) groups excluding carboxylic acids is 1. The summed E-state index contributed by atoms with van der Waals surface area (Å²) in [7, 11) is 1.60. The van der Waals surface area contributed by atoms with E-state index >= 15 is 0 Å². The van der Waals surface area contributed by atoms with E-state index in [1.165, 1.54) is 0 Å². The Morgan fingerprint density at radius 2 is 1.78 bits per heavy atom. The Kier molecular flexibility index (Phi) is 8.94. The number of hydrogen-bond acceptors (Lipinski definition) is 8. The van der Waals surface area contributed by atoms with Crippen LogP contribution in [0.1, 0.15) is 70.6 Å². The van der Waals surface area contributed by atoms with Crippen molar-refractivity contribution in [2.45, 2.75) is 64.5 Å². The van der Waals surface area contributed by atoms with E-state index in [9.17, 15) is 14.7 Å². The van der Waals surface area contributed by atoms with Gasteiger partial charge in [0.05, 0.1) is 30.5 Å². The summed E-state index contributed by atoms with van der Waals surface area (Å²) < 4.78 is 17.4. The molecule has 4 N–H and O–H groups in total. The normalized spacial score (nSPS) is 15.5. The summed E-state index contributed by atoms with van der Waals surface area (Å²) in [5, 5.41) is 17.1. The molecule has 1 amide bonds. The Morgan fingerprint density at radius 3 is 2.44 bits per heavy atom. The van der Waals surface area contributed by atoms with Crippen molar-refractivity contribution in [3.63, 3.8) is 0 Å². The first kappa shape index (κ1) is 31.3. The molecule has 5 rings (SSSR count). The topological polar surface area (TPSA) is 167 Å². The number of aromatic amines is 2. The van der Waals surface area contributed by atoms with Gasteiger partial charge in [-0.3, -0.25) is 10.3 Å². The highest BCUT2D eigenvalue weighted by Crippen LogP contribution is 2.37. The number of methoxy groups -OCH3 is 1. The van der Waals surface area contributed by atoms with Crippen LogP contribution in [-0.4, -0.2) is 67.0 Å². The van der Waals surface area contributed by atoms with E-state index < -0.39 is 23.2 Å². The Morgan fingerprint density at radius 1 is 1.07 bits per heavy atom. The standard InChI is InChI=1S/C33H38N6O6/c1-6-22(28(34)31(40)41)29-35-17-24(37-29)19-9-11-20(12-10-19)44-21-13-14-27(43-5)23(16-21)25-18-36-30(38-25)26-8-7-15-39(26)32(42)45-33(2,3)4/h9-14,16-18,22,26,34H,6-8,15H2,1-5H3,(H,35,37)(H,36,38)(H,40,41)/t22?,26-/m0/s1. The number of rotatable bonds is 10. The molecule has 0 spiro atoms. The van der Waals surface area contributed by atoms with E-state index in [0.717, 1.165) is 24.0 Å². The lowest BCUT2D eigenvalue weighted by atomic mass is 10.00. The SMILES string of the molecule is CCC(C(=N)C(=O)O)c1nc(-c2ccc(Oc3ccc(OC)c(-c4c[nH]c([C@@H]5CCCN5C(=O)OC(C)(C)C)n4)c3)cc2)c[nH]1. The van der Waals surface area contributed by atoms with Crippen LogP contribution in [0.2, 0.25) is 0 Å². The lowest BCUT2D eigenvalue weighted by Gasteiger charge is -2.27. The van der Waals surface area contributed by atoms with E-state index in [4.69, 9.17) is 24.6 Å². The third kappa shape index (κ3) is 7.00. The van der Waals surface area contributed by atoms with Gasteiger partial charge >= 0.3 is 12.1 Å². The lowest BCUT2D eigenvalue weighted by Crippen LogP contribution is -2.36. The summed E-state index contributed by atoms with van der Waals surface area (Å²) in [6.45, 7) is 7.99. The summed E-state index contributed by atoms with van der Waals surface area (Å²) in [5.74, 6) is 1.07. The molecule has 12 heteroatoms. The van der Waals surface area contributed by atoms with Crippen molar-refractivity contribution in [1.82, 2.24) is 24.8 Å². The number of carboxylic acids is 1. The van der Waals surface area contributed by atoms with Gasteiger partial charge in [-0.2, -0.15) is 0 Å². The second kappa shape index (κ2) is 12.8. The van der Waals surface area contributed by atoms with Crippen LogP contribution in [0.25, 0.3) is 22.5 Å². The van der Waals surface area contributed by atoms with Crippen molar-refractivity contribution >= 4 is 17.8 Å². The molecule has 4 aromatic rings. The Labute approximate surface area is 261 Å². The van der Waals surface area contributed by atoms with E-state index in [1.807, 2.05) is 70.2 Å². The van der Waals surface area contributed by atoms with Crippen molar-refractivity contribution in [3.8, 4) is 39.8 Å². The number of amides is 1. The van der Waals surface area contributed by atoms with Crippen molar-refractivity contribution in [2.24, 2.45) is 0 Å². The molecule has 1 unspecified atom stereocenters. The predicted octanol–water partition coefficient (Wildman–Crippen LogP) is 6.94. The molecule has 2 aromatic carbocycles. The van der Waals surface area contributed by atoms with Gasteiger partial charge in [-0.05, 0) is 82.5 Å². The molecule has 0 aliphatic carbocycles. The minimum atomic E-state index is -1.26. The Bertz CT molecular complexity index is 1690. The summed E-state index contributed by atoms with van der Waals surface area (Å²) in [5.41, 5.74) is 1.87. The average Bonchev–Trinajstić information content (AvgIpc) is 3.78. The number of aromatic nitrogens is 4. The molecular weight excluding hydrogens is 576 g/mol. The number of nitrogens with zero attached hydrogens (tertiary/aromatic N) is 3. The van der Waals surface area contributed by atoms with Gasteiger partial charge in [0.15, 0.2) is 0 Å². The fourth-order valence-electron chi connectivity index (χ4n) is 5.36. The first-order valence-corrected chi connectivity index (χ1v) is 14.9. The van der Waals surface area contributed by atoms with Crippen molar-refractivity contribution in [1.29, 1.82) is 5.41 Å². The second-order valence-electron chi connectivity index (χ2n) is 11.8. The largest absolute Gasteiger partial charge is 0.496 e. The van der Waals surface area contributed by atoms with Crippen LogP contribution < -0.4 is 9.47 Å². The minimum absolute atomic E-state index is 0.208. The molecule has 0 saturated carbocycles. The highest BCUT2D eigenvalue weighted by Gasteiger charge is 2.35. The smallest absolute Gasteiger partial charge is 0.410 e. The van der Waals surface area contributed by atoms with E-state index in [2.05, 4.69) is 15.0 Å². The number of imidazole rings is 2. The summed E-state index contributed by atoms with van der Waals surface area (Å²) in [6.07, 6.45) is 5.25. The van der Waals surface area contributed by atoms with Crippen LogP contribution in [0.4, 0.5) is 4.79 Å². The van der Waals surface area contributed by atoms with Crippen LogP contribution in [0, 0.1) is 5.41 Å². The fourth-order valence-corrected chi connectivity index (χ4v) is 5.36. The quantitative estimate of drug-likeness (QED) is 0.139. The van der Waals surface area contributed by atoms with E-state index in [0.29, 0.717) is 53.3 Å². The maximum absolute atomic E-state index is 12.8. The van der Waals surface area contributed by atoms with Gasteiger partial charge in [0.1, 0.15) is 40.2 Å². The molecule has 1 saturated heterocycles. The zero-order valence-electron chi connectivity index (χ0n) is 26.0. The monoisotopic (exact) mass is 614 g/mol. The molecule has 1 aliphatic rings. The first-order valence-electron chi connectivity index (χ1n) is 14.9. The second-order valence-corrected chi connectivity index (χ2v) is 11.8. The molecule has 2 aromatic heterocycles. The number of aliphatic carboxylic acids is 1. The number of likely N-dealkylation sites (tertiary alicyclic amines) is 1. The van der Waals surface area contributed by atoms with Gasteiger partial charge in [0, 0.05) is 30.1 Å². The van der Waals surface area contributed by atoms with Gasteiger partial charge in [0.2, 0.25) is 0 Å². The maximum Gasteiger partial charge on any atom is 0.410 e. The molecule has 0 radical (unpaired) electrons. The van der Waals surface area contributed by atoms with Gasteiger partial charge in [0.25, 0.3) is 0 Å². The first-order chi connectivity index (χ1) is 21.5. The third-order valence-electron chi connectivity index (χ3n) is 7.54. The van der Waals surface area contributed by atoms with E-state index in [1.54, 1.807) is 24.4 Å². The summed E-state index contributed by atoms with van der Waals surface area (Å²) in [6, 6.07) is 12.6. The molecule has 2 atom stereocenters. The van der Waals surface area contributed by atoms with Crippen LogP contribution in [-0.2, 0) is 9.53 Å². The van der Waals surface area contributed by atoms with Crippen LogP contribution in [0.3, 0.4) is 0 Å².